The number of likely N-dealkylation sites (tertiary alicyclic amines) is 1. The van der Waals surface area contributed by atoms with Crippen molar-refractivity contribution in [3.05, 3.63) is 64.6 Å². The van der Waals surface area contributed by atoms with Crippen LogP contribution in [-0.4, -0.2) is 56.6 Å². The normalized spacial score (nSPS) is 19.0. The predicted molar refractivity (Wildman–Crippen MR) is 133 cm³/mol. The van der Waals surface area contributed by atoms with Crippen molar-refractivity contribution in [2.24, 2.45) is 0 Å². The number of hydrogen-bond donors (Lipinski definition) is 2. The lowest BCUT2D eigenvalue weighted by molar-refractivity contribution is -0.139. The number of benzene rings is 2. The third kappa shape index (κ3) is 5.62. The Balaban J connectivity index is 1.58. The smallest absolute Gasteiger partial charge is 0.449 e. The van der Waals surface area contributed by atoms with Crippen molar-refractivity contribution >= 4 is 46.3 Å². The van der Waals surface area contributed by atoms with Gasteiger partial charge in [-0.3, -0.25) is 14.4 Å². The highest BCUT2D eigenvalue weighted by atomic mass is 35.5. The minimum Gasteiger partial charge on any atom is -0.449 e. The van der Waals surface area contributed by atoms with Crippen LogP contribution in [0.25, 0.3) is 10.9 Å². The topological polar surface area (TPSA) is 118 Å². The quantitative estimate of drug-likeness (QED) is 0.258. The number of ether oxygens (including phenoxy) is 1. The van der Waals surface area contributed by atoms with Gasteiger partial charge in [0.2, 0.25) is 11.8 Å². The zero-order chi connectivity index (χ0) is 27.8. The molecule has 1 aromatic heterocycles. The molecule has 4 rings (SSSR count). The van der Waals surface area contributed by atoms with Gasteiger partial charge >= 0.3 is 6.16 Å². The molecule has 1 aliphatic rings. The standard InChI is InChI=1S/C26H24ClF2N3O6/c1-14(33)18-11-31(20-8-16(38-25(36)37)6-7-17(18)20)12-22(34)32-13-26(2,29)9-21(32)24(35)30-10-15-4-3-5-19(27)23(15)28/h3-8,11,21H,9-10,12-13H2,1-2H3,(H,30,35)(H,36,37)/t21-,26+/m0/s1. The second-order valence-corrected chi connectivity index (χ2v) is 9.77. The first kappa shape index (κ1) is 27.1. The highest BCUT2D eigenvalue weighted by Gasteiger charge is 2.46. The minimum absolute atomic E-state index is 0.0186. The highest BCUT2D eigenvalue weighted by molar-refractivity contribution is 6.30. The molecule has 1 fully saturated rings. The van der Waals surface area contributed by atoms with Gasteiger partial charge in [0.1, 0.15) is 29.8 Å². The zero-order valence-corrected chi connectivity index (χ0v) is 21.2. The number of aromatic nitrogens is 1. The summed E-state index contributed by atoms with van der Waals surface area (Å²) >= 11 is 5.78. The van der Waals surface area contributed by atoms with Crippen LogP contribution in [0.1, 0.15) is 36.2 Å². The highest BCUT2D eigenvalue weighted by Crippen LogP contribution is 2.32. The van der Waals surface area contributed by atoms with Crippen LogP contribution in [0.2, 0.25) is 5.02 Å². The van der Waals surface area contributed by atoms with Crippen LogP contribution in [0.3, 0.4) is 0 Å². The van der Waals surface area contributed by atoms with E-state index in [1.54, 1.807) is 0 Å². The van der Waals surface area contributed by atoms with E-state index in [-0.39, 0.29) is 48.2 Å². The molecule has 0 unspecified atom stereocenters. The Labute approximate surface area is 220 Å². The number of nitrogens with one attached hydrogen (secondary N) is 1. The van der Waals surface area contributed by atoms with Crippen molar-refractivity contribution in [2.45, 2.75) is 45.1 Å². The number of carboxylic acid groups (broad SMARTS) is 1. The molecule has 9 nitrogen and oxygen atoms in total. The van der Waals surface area contributed by atoms with E-state index in [9.17, 15) is 23.6 Å². The minimum atomic E-state index is -1.84. The monoisotopic (exact) mass is 547 g/mol. The maximum absolute atomic E-state index is 15.0. The molecule has 0 saturated carbocycles. The van der Waals surface area contributed by atoms with Gasteiger partial charge in [-0.1, -0.05) is 23.7 Å². The lowest BCUT2D eigenvalue weighted by Gasteiger charge is -2.24. The molecule has 2 atom stereocenters. The van der Waals surface area contributed by atoms with Gasteiger partial charge in [-0.25, -0.2) is 13.6 Å². The van der Waals surface area contributed by atoms with Crippen LogP contribution in [-0.2, 0) is 22.7 Å². The van der Waals surface area contributed by atoms with Crippen molar-refractivity contribution < 1.29 is 37.8 Å². The number of carbonyl (C=O) groups excluding carboxylic acids is 3. The van der Waals surface area contributed by atoms with Crippen molar-refractivity contribution in [1.29, 1.82) is 0 Å². The zero-order valence-electron chi connectivity index (χ0n) is 20.5. The first-order valence-electron chi connectivity index (χ1n) is 11.6. The molecule has 38 heavy (non-hydrogen) atoms. The van der Waals surface area contributed by atoms with Crippen LogP contribution in [0.4, 0.5) is 13.6 Å². The van der Waals surface area contributed by atoms with Crippen LogP contribution in [0.5, 0.6) is 5.75 Å². The van der Waals surface area contributed by atoms with E-state index in [2.05, 4.69) is 5.32 Å². The molecule has 2 aromatic carbocycles. The van der Waals surface area contributed by atoms with Crippen LogP contribution in [0.15, 0.2) is 42.6 Å². The molecule has 2 heterocycles. The van der Waals surface area contributed by atoms with E-state index in [0.29, 0.717) is 16.5 Å². The molecular weight excluding hydrogens is 524 g/mol. The number of hydrogen-bond acceptors (Lipinski definition) is 5. The Morgan fingerprint density at radius 1 is 1.24 bits per heavy atom. The van der Waals surface area contributed by atoms with Crippen molar-refractivity contribution in [1.82, 2.24) is 14.8 Å². The number of nitrogens with zero attached hydrogens (tertiary/aromatic N) is 2. The number of amides is 2. The number of halogens is 3. The van der Waals surface area contributed by atoms with Gasteiger partial charge < -0.3 is 24.6 Å². The molecular formula is C26H24ClF2N3O6. The summed E-state index contributed by atoms with van der Waals surface area (Å²) < 4.78 is 35.3. The fourth-order valence-electron chi connectivity index (χ4n) is 4.61. The second kappa shape index (κ2) is 10.4. The third-order valence-corrected chi connectivity index (χ3v) is 6.64. The summed E-state index contributed by atoms with van der Waals surface area (Å²) in [5.41, 5.74) is -1.06. The lowest BCUT2D eigenvalue weighted by atomic mass is 10.0. The summed E-state index contributed by atoms with van der Waals surface area (Å²) in [6.45, 7) is 1.72. The molecule has 12 heteroatoms. The summed E-state index contributed by atoms with van der Waals surface area (Å²) in [5.74, 6) is -2.24. The Bertz CT molecular complexity index is 1450. The van der Waals surface area contributed by atoms with Crippen molar-refractivity contribution in [3.8, 4) is 5.75 Å². The maximum atomic E-state index is 15.0. The van der Waals surface area contributed by atoms with Crippen molar-refractivity contribution in [3.63, 3.8) is 0 Å². The Morgan fingerprint density at radius 2 is 1.97 bits per heavy atom. The first-order valence-corrected chi connectivity index (χ1v) is 12.0. The summed E-state index contributed by atoms with van der Waals surface area (Å²) in [7, 11) is 0. The fraction of sp³-hybridized carbons (Fsp3) is 0.308. The van der Waals surface area contributed by atoms with E-state index in [1.165, 1.54) is 61.0 Å². The summed E-state index contributed by atoms with van der Waals surface area (Å²) in [5, 5.41) is 11.8. The molecule has 1 aliphatic heterocycles. The molecule has 2 amide bonds. The average Bonchev–Trinajstić information content (AvgIpc) is 3.36. The summed E-state index contributed by atoms with van der Waals surface area (Å²) in [6, 6.07) is 7.45. The number of ketones is 1. The molecule has 0 radical (unpaired) electrons. The third-order valence-electron chi connectivity index (χ3n) is 6.35. The molecule has 200 valence electrons. The number of fused-ring (bicyclic) bond motifs is 1. The van der Waals surface area contributed by atoms with E-state index < -0.39 is 35.5 Å². The van der Waals surface area contributed by atoms with Crippen LogP contribution < -0.4 is 10.1 Å². The van der Waals surface area contributed by atoms with E-state index in [1.807, 2.05) is 0 Å². The van der Waals surface area contributed by atoms with Gasteiger partial charge in [0, 0.05) is 41.7 Å². The maximum Gasteiger partial charge on any atom is 0.511 e. The van der Waals surface area contributed by atoms with Gasteiger partial charge in [0.25, 0.3) is 0 Å². The van der Waals surface area contributed by atoms with E-state index in [0.717, 1.165) is 4.90 Å². The molecule has 1 saturated heterocycles. The average molecular weight is 548 g/mol. The SMILES string of the molecule is CC(=O)c1cn(CC(=O)N2C[C@](C)(F)C[C@H]2C(=O)NCc2cccc(Cl)c2F)c2cc(OC(=O)O)ccc12. The fourth-order valence-corrected chi connectivity index (χ4v) is 4.80. The largest absolute Gasteiger partial charge is 0.511 e. The van der Waals surface area contributed by atoms with Gasteiger partial charge in [-0.15, -0.1) is 0 Å². The lowest BCUT2D eigenvalue weighted by Crippen LogP contribution is -2.46. The summed E-state index contributed by atoms with van der Waals surface area (Å²) in [4.78, 5) is 50.5. The molecule has 3 aromatic rings. The van der Waals surface area contributed by atoms with E-state index >= 15 is 4.39 Å². The van der Waals surface area contributed by atoms with Gasteiger partial charge in [-0.05, 0) is 32.0 Å². The Kier molecular flexibility index (Phi) is 7.41. The Hall–Kier alpha value is -3.99. The first-order chi connectivity index (χ1) is 17.9. The molecule has 2 N–H and O–H groups in total. The molecule has 0 aliphatic carbocycles. The van der Waals surface area contributed by atoms with Crippen LogP contribution >= 0.6 is 11.6 Å². The van der Waals surface area contributed by atoms with Gasteiger partial charge in [0.05, 0.1) is 17.1 Å². The van der Waals surface area contributed by atoms with Gasteiger partial charge in [0.15, 0.2) is 5.78 Å². The number of Topliss-reactive ketones (excluding diaryl/α,β-unsaturated/α-hetero) is 1. The summed E-state index contributed by atoms with van der Waals surface area (Å²) in [6.07, 6.45) is -0.349. The molecule has 0 bridgehead atoms. The number of rotatable bonds is 7. The van der Waals surface area contributed by atoms with Crippen LogP contribution in [0, 0.1) is 5.82 Å². The van der Waals surface area contributed by atoms with Crippen molar-refractivity contribution in [2.75, 3.05) is 6.54 Å². The Morgan fingerprint density at radius 3 is 2.66 bits per heavy atom. The molecule has 0 spiro atoms. The number of carbonyl (C=O) groups is 4. The van der Waals surface area contributed by atoms with E-state index in [4.69, 9.17) is 21.4 Å². The predicted octanol–water partition coefficient (Wildman–Crippen LogP) is 4.34. The number of alkyl halides is 1. The van der Waals surface area contributed by atoms with Gasteiger partial charge in [-0.2, -0.15) is 0 Å². The second-order valence-electron chi connectivity index (χ2n) is 9.36.